The summed E-state index contributed by atoms with van der Waals surface area (Å²) in [6.07, 6.45) is 0. The molecule has 1 aromatic heterocycles. The van der Waals surface area contributed by atoms with Crippen molar-refractivity contribution >= 4 is 80.8 Å². The van der Waals surface area contributed by atoms with Gasteiger partial charge < -0.3 is 15.0 Å². The molecule has 0 spiro atoms. The summed E-state index contributed by atoms with van der Waals surface area (Å²) in [7, 11) is 1.58. The second-order valence-electron chi connectivity index (χ2n) is 5.47. The van der Waals surface area contributed by atoms with Crippen molar-refractivity contribution in [1.82, 2.24) is 10.2 Å². The Balaban J connectivity index is 1.87. The lowest BCUT2D eigenvalue weighted by molar-refractivity contribution is -0.114. The fraction of sp³-hybridized carbons (Fsp3) is 0.118. The average molecular weight is 476 g/mol. The van der Waals surface area contributed by atoms with Crippen LogP contribution in [-0.2, 0) is 4.79 Å². The van der Waals surface area contributed by atoms with E-state index in [2.05, 4.69) is 15.5 Å². The topological polar surface area (TPSA) is 70.2 Å². The number of nitrogens with zero attached hydrogens (tertiary/aromatic N) is 2. The zero-order valence-corrected chi connectivity index (χ0v) is 18.2. The Kier molecular flexibility index (Phi) is 6.79. The number of ether oxygens (including phenoxy) is 1. The van der Waals surface area contributed by atoms with Gasteiger partial charge in [-0.3, -0.25) is 9.89 Å². The van der Waals surface area contributed by atoms with Crippen LogP contribution in [0.1, 0.15) is 0 Å². The van der Waals surface area contributed by atoms with Gasteiger partial charge in [-0.15, -0.1) is 5.10 Å². The number of H-pyrrole nitrogens is 1. The number of aromatic amines is 1. The van der Waals surface area contributed by atoms with Gasteiger partial charge >= 0.3 is 0 Å². The Hall–Kier alpha value is -1.84. The van der Waals surface area contributed by atoms with Crippen LogP contribution >= 0.6 is 58.4 Å². The van der Waals surface area contributed by atoms with Gasteiger partial charge in [0, 0.05) is 10.7 Å². The van der Waals surface area contributed by atoms with Crippen LogP contribution in [0.3, 0.4) is 0 Å². The Morgan fingerprint density at radius 1 is 1.25 bits per heavy atom. The van der Waals surface area contributed by atoms with E-state index in [0.29, 0.717) is 25.5 Å². The molecule has 0 fully saturated rings. The van der Waals surface area contributed by atoms with Gasteiger partial charge in [0.1, 0.15) is 12.3 Å². The molecule has 0 unspecified atom stereocenters. The number of aromatic nitrogens is 2. The van der Waals surface area contributed by atoms with E-state index in [-0.39, 0.29) is 22.5 Å². The number of halogens is 3. The Labute approximate surface area is 185 Å². The molecule has 0 saturated heterocycles. The summed E-state index contributed by atoms with van der Waals surface area (Å²) < 4.78 is 5.68. The molecule has 2 N–H and O–H groups in total. The van der Waals surface area contributed by atoms with Crippen LogP contribution in [0.2, 0.25) is 15.1 Å². The highest BCUT2D eigenvalue weighted by Gasteiger charge is 2.19. The summed E-state index contributed by atoms with van der Waals surface area (Å²) in [5.41, 5.74) is 1.03. The first-order chi connectivity index (χ1) is 13.4. The van der Waals surface area contributed by atoms with Gasteiger partial charge in [-0.05, 0) is 48.6 Å². The zero-order valence-electron chi connectivity index (χ0n) is 14.3. The molecule has 0 aliphatic heterocycles. The lowest BCUT2D eigenvalue weighted by Gasteiger charge is -2.21. The molecule has 1 amide bonds. The number of rotatable bonds is 6. The Morgan fingerprint density at radius 3 is 2.43 bits per heavy atom. The Morgan fingerprint density at radius 2 is 1.89 bits per heavy atom. The smallest absolute Gasteiger partial charge is 0.244 e. The maximum absolute atomic E-state index is 12.7. The number of carbonyl (C=O) groups is 1. The van der Waals surface area contributed by atoms with Gasteiger partial charge in [-0.2, -0.15) is 0 Å². The number of anilines is 3. The van der Waals surface area contributed by atoms with E-state index in [1.54, 1.807) is 24.1 Å². The number of carbonyl (C=O) groups excluding carboxylic acids is 1. The van der Waals surface area contributed by atoms with Crippen molar-refractivity contribution in [2.45, 2.75) is 0 Å². The summed E-state index contributed by atoms with van der Waals surface area (Å²) in [6, 6.07) is 10.2. The van der Waals surface area contributed by atoms with E-state index >= 15 is 0 Å². The number of hydrogen-bond donors (Lipinski definition) is 2. The lowest BCUT2D eigenvalue weighted by atomic mass is 10.2. The van der Waals surface area contributed by atoms with Crippen LogP contribution < -0.4 is 15.0 Å². The van der Waals surface area contributed by atoms with Gasteiger partial charge in [-0.25, -0.2) is 0 Å². The third-order valence-corrected chi connectivity index (χ3v) is 5.54. The van der Waals surface area contributed by atoms with Crippen LogP contribution in [0.15, 0.2) is 36.4 Å². The number of amides is 1. The van der Waals surface area contributed by atoms with Gasteiger partial charge in [0.2, 0.25) is 11.0 Å². The van der Waals surface area contributed by atoms with E-state index in [1.165, 1.54) is 23.5 Å². The van der Waals surface area contributed by atoms with Crippen LogP contribution in [0, 0.1) is 3.95 Å². The molecule has 2 aromatic carbocycles. The molecule has 146 valence electrons. The number of methoxy groups -OCH3 is 1. The first kappa shape index (κ1) is 20.9. The van der Waals surface area contributed by atoms with Crippen molar-refractivity contribution < 1.29 is 9.53 Å². The van der Waals surface area contributed by atoms with Crippen molar-refractivity contribution in [1.29, 1.82) is 0 Å². The quantitative estimate of drug-likeness (QED) is 0.431. The highest BCUT2D eigenvalue weighted by atomic mass is 35.5. The molecule has 6 nitrogen and oxygen atoms in total. The molecule has 1 heterocycles. The van der Waals surface area contributed by atoms with E-state index in [1.807, 2.05) is 12.1 Å². The largest absolute Gasteiger partial charge is 0.497 e. The molecule has 0 aliphatic rings. The fourth-order valence-electron chi connectivity index (χ4n) is 2.35. The molecule has 0 bridgehead atoms. The highest BCUT2D eigenvalue weighted by Crippen LogP contribution is 2.34. The molecule has 3 rings (SSSR count). The summed E-state index contributed by atoms with van der Waals surface area (Å²) in [5, 5.41) is 11.0. The predicted octanol–water partition coefficient (Wildman–Crippen LogP) is 5.95. The number of benzene rings is 2. The molecule has 28 heavy (non-hydrogen) atoms. The normalized spacial score (nSPS) is 10.6. The van der Waals surface area contributed by atoms with Crippen LogP contribution in [-0.4, -0.2) is 29.8 Å². The first-order valence-electron chi connectivity index (χ1n) is 7.79. The molecule has 0 atom stereocenters. The van der Waals surface area contributed by atoms with Crippen molar-refractivity contribution in [3.05, 3.63) is 55.4 Å². The molecular formula is C17H13Cl3N4O2S2. The van der Waals surface area contributed by atoms with Gasteiger partial charge in [0.15, 0.2) is 3.95 Å². The average Bonchev–Trinajstić information content (AvgIpc) is 3.09. The van der Waals surface area contributed by atoms with Crippen molar-refractivity contribution in [3.8, 4) is 5.75 Å². The minimum atomic E-state index is -0.344. The SMILES string of the molecule is COc1ccc(N(CC(=O)Nc2c(Cl)cc(Cl)cc2Cl)c2n[nH]c(=S)s2)cc1. The lowest BCUT2D eigenvalue weighted by Crippen LogP contribution is -2.30. The molecular weight excluding hydrogens is 463 g/mol. The Bertz CT molecular complexity index is 1030. The summed E-state index contributed by atoms with van der Waals surface area (Å²) in [6.45, 7) is -0.0439. The molecule has 3 aromatic rings. The van der Waals surface area contributed by atoms with E-state index in [0.717, 1.165) is 5.69 Å². The second-order valence-corrected chi connectivity index (χ2v) is 8.37. The van der Waals surface area contributed by atoms with Crippen molar-refractivity contribution in [2.75, 3.05) is 23.9 Å². The maximum atomic E-state index is 12.7. The third kappa shape index (κ3) is 4.95. The van der Waals surface area contributed by atoms with E-state index < -0.39 is 0 Å². The van der Waals surface area contributed by atoms with Crippen molar-refractivity contribution in [2.24, 2.45) is 0 Å². The van der Waals surface area contributed by atoms with Crippen molar-refractivity contribution in [3.63, 3.8) is 0 Å². The second kappa shape index (κ2) is 9.11. The minimum Gasteiger partial charge on any atom is -0.497 e. The monoisotopic (exact) mass is 474 g/mol. The van der Waals surface area contributed by atoms with Gasteiger partial charge in [0.25, 0.3) is 0 Å². The summed E-state index contributed by atoms with van der Waals surface area (Å²) in [5.74, 6) is 0.352. The summed E-state index contributed by atoms with van der Waals surface area (Å²) >= 11 is 24.6. The maximum Gasteiger partial charge on any atom is 0.244 e. The van der Waals surface area contributed by atoms with Gasteiger partial charge in [-0.1, -0.05) is 46.1 Å². The van der Waals surface area contributed by atoms with E-state index in [4.69, 9.17) is 51.8 Å². The zero-order chi connectivity index (χ0) is 20.3. The third-order valence-electron chi connectivity index (χ3n) is 3.61. The fourth-order valence-corrected chi connectivity index (χ4v) is 4.16. The predicted molar refractivity (Wildman–Crippen MR) is 117 cm³/mol. The van der Waals surface area contributed by atoms with Crippen LogP contribution in [0.25, 0.3) is 0 Å². The highest BCUT2D eigenvalue weighted by molar-refractivity contribution is 7.73. The van der Waals surface area contributed by atoms with Gasteiger partial charge in [0.05, 0.1) is 22.8 Å². The van der Waals surface area contributed by atoms with E-state index in [9.17, 15) is 4.79 Å². The molecule has 0 radical (unpaired) electrons. The molecule has 0 aliphatic carbocycles. The number of hydrogen-bond acceptors (Lipinski definition) is 6. The number of nitrogens with one attached hydrogen (secondary N) is 2. The molecule has 11 heteroatoms. The van der Waals surface area contributed by atoms with Crippen LogP contribution in [0.5, 0.6) is 5.75 Å². The first-order valence-corrected chi connectivity index (χ1v) is 10.1. The standard InChI is InChI=1S/C17H13Cl3N4O2S2/c1-26-11-4-2-10(3-5-11)24(16-22-23-17(27)28-16)8-14(25)21-15-12(19)6-9(18)7-13(15)20/h2-7H,8H2,1H3,(H,21,25)(H,23,27). The summed E-state index contributed by atoms with van der Waals surface area (Å²) in [4.78, 5) is 14.4. The van der Waals surface area contributed by atoms with Crippen LogP contribution in [0.4, 0.5) is 16.5 Å². The molecule has 0 saturated carbocycles. The minimum absolute atomic E-state index is 0.0439.